The van der Waals surface area contributed by atoms with E-state index in [1.54, 1.807) is 19.0 Å². The molecule has 0 saturated carbocycles. The van der Waals surface area contributed by atoms with E-state index in [2.05, 4.69) is 43.0 Å². The smallest absolute Gasteiger partial charge is 0.253 e. The molecular formula is C18H22N2O. The summed E-state index contributed by atoms with van der Waals surface area (Å²) in [5.41, 5.74) is 4.22. The molecule has 1 amide bonds. The molecule has 0 N–H and O–H groups in total. The van der Waals surface area contributed by atoms with Crippen LogP contribution in [0.1, 0.15) is 22.8 Å². The van der Waals surface area contributed by atoms with E-state index < -0.39 is 0 Å². The topological polar surface area (TPSA) is 23.6 Å². The van der Waals surface area contributed by atoms with E-state index in [0.717, 1.165) is 17.9 Å². The van der Waals surface area contributed by atoms with Crippen LogP contribution in [0.5, 0.6) is 0 Å². The summed E-state index contributed by atoms with van der Waals surface area (Å²) < 4.78 is 0. The molecule has 0 radical (unpaired) electrons. The molecule has 0 unspecified atom stereocenters. The summed E-state index contributed by atoms with van der Waals surface area (Å²) in [4.78, 5) is 15.7. The van der Waals surface area contributed by atoms with Crippen molar-refractivity contribution in [1.82, 2.24) is 4.90 Å². The van der Waals surface area contributed by atoms with Gasteiger partial charge in [0.05, 0.1) is 0 Å². The molecule has 0 bridgehead atoms. The third-order valence-electron chi connectivity index (χ3n) is 3.49. The fourth-order valence-corrected chi connectivity index (χ4v) is 2.28. The fourth-order valence-electron chi connectivity index (χ4n) is 2.28. The van der Waals surface area contributed by atoms with Crippen molar-refractivity contribution in [3.8, 4) is 0 Å². The molecule has 0 heterocycles. The number of anilines is 2. The Bertz CT molecular complexity index is 600. The van der Waals surface area contributed by atoms with Crippen LogP contribution in [0.25, 0.3) is 0 Å². The van der Waals surface area contributed by atoms with Crippen LogP contribution in [0.3, 0.4) is 0 Å². The first kappa shape index (κ1) is 15.1. The van der Waals surface area contributed by atoms with Crippen molar-refractivity contribution in [2.75, 3.05) is 25.5 Å². The second-order valence-corrected chi connectivity index (χ2v) is 5.33. The van der Waals surface area contributed by atoms with E-state index in [-0.39, 0.29) is 5.91 Å². The summed E-state index contributed by atoms with van der Waals surface area (Å²) in [7, 11) is 3.53. The van der Waals surface area contributed by atoms with Crippen molar-refractivity contribution in [2.45, 2.75) is 13.8 Å². The Morgan fingerprint density at radius 3 is 1.81 bits per heavy atom. The molecule has 0 aromatic heterocycles. The number of aryl methyl sites for hydroxylation is 1. The van der Waals surface area contributed by atoms with E-state index in [1.807, 2.05) is 24.3 Å². The first-order valence-corrected chi connectivity index (χ1v) is 7.19. The Balaban J connectivity index is 2.27. The van der Waals surface area contributed by atoms with Gasteiger partial charge in [0.25, 0.3) is 5.91 Å². The van der Waals surface area contributed by atoms with Crippen molar-refractivity contribution in [3.63, 3.8) is 0 Å². The molecule has 2 aromatic rings. The van der Waals surface area contributed by atoms with Gasteiger partial charge in [-0.3, -0.25) is 4.79 Å². The van der Waals surface area contributed by atoms with E-state index in [9.17, 15) is 4.79 Å². The predicted molar refractivity (Wildman–Crippen MR) is 88.3 cm³/mol. The first-order valence-electron chi connectivity index (χ1n) is 7.19. The molecule has 2 aromatic carbocycles. The van der Waals surface area contributed by atoms with Gasteiger partial charge in [-0.05, 0) is 50.2 Å². The highest BCUT2D eigenvalue weighted by Crippen LogP contribution is 2.25. The highest BCUT2D eigenvalue weighted by atomic mass is 16.2. The lowest BCUT2D eigenvalue weighted by Crippen LogP contribution is -2.22. The molecule has 0 aliphatic heterocycles. The normalized spacial score (nSPS) is 10.3. The molecule has 0 atom stereocenters. The summed E-state index contributed by atoms with van der Waals surface area (Å²) in [5.74, 6) is 0.0277. The van der Waals surface area contributed by atoms with E-state index >= 15 is 0 Å². The van der Waals surface area contributed by atoms with Gasteiger partial charge in [-0.15, -0.1) is 0 Å². The molecule has 2 rings (SSSR count). The zero-order chi connectivity index (χ0) is 15.4. The molecule has 0 fully saturated rings. The summed E-state index contributed by atoms with van der Waals surface area (Å²) in [6.07, 6.45) is 0. The lowest BCUT2D eigenvalue weighted by molar-refractivity contribution is 0.0827. The number of hydrogen-bond donors (Lipinski definition) is 0. The second-order valence-electron chi connectivity index (χ2n) is 5.33. The van der Waals surface area contributed by atoms with Gasteiger partial charge in [0.15, 0.2) is 0 Å². The van der Waals surface area contributed by atoms with Crippen LogP contribution in [0.15, 0.2) is 48.5 Å². The number of benzene rings is 2. The largest absolute Gasteiger partial charge is 0.345 e. The maximum absolute atomic E-state index is 11.9. The number of hydrogen-bond acceptors (Lipinski definition) is 2. The van der Waals surface area contributed by atoms with Crippen LogP contribution in [0, 0.1) is 6.92 Å². The molecule has 0 saturated heterocycles. The van der Waals surface area contributed by atoms with Crippen LogP contribution in [-0.2, 0) is 0 Å². The minimum absolute atomic E-state index is 0.0277. The zero-order valence-electron chi connectivity index (χ0n) is 13.1. The molecule has 0 aliphatic carbocycles. The third kappa shape index (κ3) is 3.43. The maximum Gasteiger partial charge on any atom is 0.253 e. The molecule has 0 aliphatic rings. The van der Waals surface area contributed by atoms with Crippen molar-refractivity contribution < 1.29 is 4.79 Å². The Kier molecular flexibility index (Phi) is 4.63. The predicted octanol–water partition coefficient (Wildman–Crippen LogP) is 3.85. The third-order valence-corrected chi connectivity index (χ3v) is 3.49. The van der Waals surface area contributed by atoms with E-state index in [1.165, 1.54) is 5.56 Å². The number of nitrogens with zero attached hydrogens (tertiary/aromatic N) is 2. The monoisotopic (exact) mass is 282 g/mol. The van der Waals surface area contributed by atoms with Gasteiger partial charge >= 0.3 is 0 Å². The minimum atomic E-state index is 0.0277. The second kappa shape index (κ2) is 6.44. The molecule has 3 nitrogen and oxygen atoms in total. The summed E-state index contributed by atoms with van der Waals surface area (Å²) in [5, 5.41) is 0. The summed E-state index contributed by atoms with van der Waals surface area (Å²) in [6.45, 7) is 5.09. The average molecular weight is 282 g/mol. The number of carbonyl (C=O) groups excluding carboxylic acids is 1. The average Bonchev–Trinajstić information content (AvgIpc) is 2.50. The SMILES string of the molecule is CCN(c1ccc(C)cc1)c1ccc(C(=O)N(C)C)cc1. The van der Waals surface area contributed by atoms with Crippen LogP contribution < -0.4 is 4.90 Å². The van der Waals surface area contributed by atoms with E-state index in [4.69, 9.17) is 0 Å². The van der Waals surface area contributed by atoms with Crippen molar-refractivity contribution in [3.05, 3.63) is 59.7 Å². The molecule has 110 valence electrons. The Hall–Kier alpha value is -2.29. The van der Waals surface area contributed by atoms with Gasteiger partial charge in [0, 0.05) is 37.6 Å². The number of carbonyl (C=O) groups is 1. The van der Waals surface area contributed by atoms with Crippen LogP contribution in [0.4, 0.5) is 11.4 Å². The Morgan fingerprint density at radius 1 is 0.905 bits per heavy atom. The fraction of sp³-hybridized carbons (Fsp3) is 0.278. The zero-order valence-corrected chi connectivity index (χ0v) is 13.1. The van der Waals surface area contributed by atoms with Crippen LogP contribution in [0.2, 0.25) is 0 Å². The van der Waals surface area contributed by atoms with Crippen LogP contribution >= 0.6 is 0 Å². The van der Waals surface area contributed by atoms with Crippen molar-refractivity contribution in [2.24, 2.45) is 0 Å². The summed E-state index contributed by atoms with van der Waals surface area (Å²) in [6, 6.07) is 16.2. The van der Waals surface area contributed by atoms with Crippen molar-refractivity contribution in [1.29, 1.82) is 0 Å². The van der Waals surface area contributed by atoms with Crippen molar-refractivity contribution >= 4 is 17.3 Å². The Labute approximate surface area is 126 Å². The Morgan fingerprint density at radius 2 is 1.38 bits per heavy atom. The van der Waals surface area contributed by atoms with Gasteiger partial charge in [-0.25, -0.2) is 0 Å². The molecular weight excluding hydrogens is 260 g/mol. The highest BCUT2D eigenvalue weighted by molar-refractivity contribution is 5.94. The molecule has 21 heavy (non-hydrogen) atoms. The van der Waals surface area contributed by atoms with Gasteiger partial charge in [-0.2, -0.15) is 0 Å². The van der Waals surface area contributed by atoms with E-state index in [0.29, 0.717) is 5.56 Å². The van der Waals surface area contributed by atoms with Gasteiger partial charge in [0.1, 0.15) is 0 Å². The quantitative estimate of drug-likeness (QED) is 0.850. The maximum atomic E-state index is 11.9. The van der Waals surface area contributed by atoms with Crippen LogP contribution in [-0.4, -0.2) is 31.4 Å². The van der Waals surface area contributed by atoms with Gasteiger partial charge < -0.3 is 9.80 Å². The standard InChI is InChI=1S/C18H22N2O/c1-5-20(16-10-6-14(2)7-11-16)17-12-8-15(9-13-17)18(21)19(3)4/h6-13H,5H2,1-4H3. The molecule has 0 spiro atoms. The first-order chi connectivity index (χ1) is 10.0. The summed E-state index contributed by atoms with van der Waals surface area (Å²) >= 11 is 0. The molecule has 3 heteroatoms. The van der Waals surface area contributed by atoms with Gasteiger partial charge in [-0.1, -0.05) is 17.7 Å². The number of amides is 1. The number of rotatable bonds is 4. The van der Waals surface area contributed by atoms with Gasteiger partial charge in [0.2, 0.25) is 0 Å². The minimum Gasteiger partial charge on any atom is -0.345 e. The lowest BCUT2D eigenvalue weighted by atomic mass is 10.1. The highest BCUT2D eigenvalue weighted by Gasteiger charge is 2.10. The lowest BCUT2D eigenvalue weighted by Gasteiger charge is -2.24.